The highest BCUT2D eigenvalue weighted by Gasteiger charge is 2.19. The van der Waals surface area contributed by atoms with Crippen LogP contribution in [0.5, 0.6) is 11.5 Å². The number of ether oxygens (including phenoxy) is 1. The summed E-state index contributed by atoms with van der Waals surface area (Å²) in [6.45, 7) is 6.46. The fourth-order valence-electron chi connectivity index (χ4n) is 2.64. The molecule has 1 aromatic carbocycles. The zero-order valence-corrected chi connectivity index (χ0v) is 14.7. The highest BCUT2D eigenvalue weighted by Crippen LogP contribution is 2.27. The molecule has 0 aromatic heterocycles. The van der Waals surface area contributed by atoms with E-state index in [1.165, 1.54) is 19.6 Å². The summed E-state index contributed by atoms with van der Waals surface area (Å²) in [6.07, 6.45) is 2.97. The summed E-state index contributed by atoms with van der Waals surface area (Å²) >= 11 is 0. The van der Waals surface area contributed by atoms with Crippen molar-refractivity contribution < 1.29 is 19.7 Å². The average Bonchev–Trinajstić information content (AvgIpc) is 2.48. The van der Waals surface area contributed by atoms with Gasteiger partial charge in [-0.1, -0.05) is 46.1 Å². The number of aliphatic hydroxyl groups excluding tert-OH is 1. The molecule has 2 atom stereocenters. The number of Topliss-reactive ketones (excluding diaryl/α,β-unsaturated/α-hetero) is 1. The van der Waals surface area contributed by atoms with E-state index < -0.39 is 6.10 Å². The molecule has 0 fully saturated rings. The van der Waals surface area contributed by atoms with Gasteiger partial charge >= 0.3 is 0 Å². The fourth-order valence-corrected chi connectivity index (χ4v) is 2.64. The normalized spacial score (nSPS) is 13.8. The van der Waals surface area contributed by atoms with E-state index in [1.807, 2.05) is 0 Å². The largest absolute Gasteiger partial charge is 0.504 e. The van der Waals surface area contributed by atoms with Gasteiger partial charge in [0.15, 0.2) is 17.3 Å². The highest BCUT2D eigenvalue weighted by atomic mass is 16.5. The van der Waals surface area contributed by atoms with Gasteiger partial charge in [-0.3, -0.25) is 4.79 Å². The zero-order valence-electron chi connectivity index (χ0n) is 14.7. The van der Waals surface area contributed by atoms with E-state index in [4.69, 9.17) is 4.74 Å². The number of phenols is 1. The van der Waals surface area contributed by atoms with E-state index in [9.17, 15) is 15.0 Å². The maximum absolute atomic E-state index is 12.1. The average molecular weight is 322 g/mol. The quantitative estimate of drug-likeness (QED) is 0.689. The van der Waals surface area contributed by atoms with Crippen LogP contribution in [0.15, 0.2) is 18.2 Å². The molecule has 1 unspecified atom stereocenters. The van der Waals surface area contributed by atoms with Crippen molar-refractivity contribution in [2.45, 2.75) is 59.0 Å². The van der Waals surface area contributed by atoms with Gasteiger partial charge in [0.05, 0.1) is 7.11 Å². The Morgan fingerprint density at radius 3 is 2.52 bits per heavy atom. The molecular formula is C19H30O4. The third-order valence-electron chi connectivity index (χ3n) is 4.07. The van der Waals surface area contributed by atoms with Gasteiger partial charge in [-0.25, -0.2) is 0 Å². The Morgan fingerprint density at radius 1 is 1.22 bits per heavy atom. The molecule has 0 amide bonds. The van der Waals surface area contributed by atoms with Crippen LogP contribution in [0.1, 0.15) is 52.0 Å². The summed E-state index contributed by atoms with van der Waals surface area (Å²) in [5.41, 5.74) is 0.771. The Balaban J connectivity index is 2.47. The van der Waals surface area contributed by atoms with E-state index in [-0.39, 0.29) is 18.0 Å². The lowest BCUT2D eigenvalue weighted by Gasteiger charge is -2.15. The number of benzene rings is 1. The predicted octanol–water partition coefficient (Wildman–Crippen LogP) is 3.73. The molecule has 0 aliphatic rings. The Morgan fingerprint density at radius 2 is 1.91 bits per heavy atom. The summed E-state index contributed by atoms with van der Waals surface area (Å²) in [5.74, 6) is 1.27. The molecule has 130 valence electrons. The molecule has 4 heteroatoms. The third kappa shape index (κ3) is 7.04. The van der Waals surface area contributed by atoms with Crippen molar-refractivity contribution in [1.82, 2.24) is 0 Å². The Bertz CT molecular complexity index is 496. The number of carbonyl (C=O) groups excluding carboxylic acids is 1. The zero-order chi connectivity index (χ0) is 17.4. The van der Waals surface area contributed by atoms with Crippen LogP contribution < -0.4 is 4.74 Å². The second-order valence-electron chi connectivity index (χ2n) is 6.83. The molecular weight excluding hydrogens is 292 g/mol. The van der Waals surface area contributed by atoms with E-state index in [1.54, 1.807) is 12.1 Å². The van der Waals surface area contributed by atoms with Gasteiger partial charge in [0.25, 0.3) is 0 Å². The SMILES string of the molecule is COc1cc(CC(O)C(=O)C[C@H](C)CCCC(C)C)ccc1O. The minimum atomic E-state index is -1.00. The standard InChI is InChI=1S/C19H30O4/c1-13(2)6-5-7-14(3)10-17(21)18(22)11-15-8-9-16(20)19(12-15)23-4/h8-9,12-14,18,20,22H,5-7,10-11H2,1-4H3/t14-,18?/m1/s1. The first-order valence-corrected chi connectivity index (χ1v) is 8.40. The van der Waals surface area contributed by atoms with Crippen LogP contribution in [0.3, 0.4) is 0 Å². The maximum atomic E-state index is 12.1. The Kier molecular flexibility index (Phi) is 8.10. The summed E-state index contributed by atoms with van der Waals surface area (Å²) < 4.78 is 5.04. The Labute approximate surface area is 139 Å². The van der Waals surface area contributed by atoms with Crippen LogP contribution >= 0.6 is 0 Å². The third-order valence-corrected chi connectivity index (χ3v) is 4.07. The molecule has 0 aliphatic heterocycles. The molecule has 0 saturated heterocycles. The van der Waals surface area contributed by atoms with Crippen LogP contribution in [0, 0.1) is 11.8 Å². The maximum Gasteiger partial charge on any atom is 0.161 e. The minimum Gasteiger partial charge on any atom is -0.504 e. The lowest BCUT2D eigenvalue weighted by molar-refractivity contribution is -0.127. The van der Waals surface area contributed by atoms with Gasteiger partial charge in [0, 0.05) is 12.8 Å². The summed E-state index contributed by atoms with van der Waals surface area (Å²) in [6, 6.07) is 4.86. The molecule has 0 radical (unpaired) electrons. The van der Waals surface area contributed by atoms with Gasteiger partial charge in [-0.05, 0) is 29.5 Å². The highest BCUT2D eigenvalue weighted by molar-refractivity contribution is 5.83. The fraction of sp³-hybridized carbons (Fsp3) is 0.632. The molecule has 0 aliphatic carbocycles. The monoisotopic (exact) mass is 322 g/mol. The van der Waals surface area contributed by atoms with Crippen molar-refractivity contribution in [2.24, 2.45) is 11.8 Å². The van der Waals surface area contributed by atoms with Crippen LogP contribution in [0.4, 0.5) is 0 Å². The Hall–Kier alpha value is -1.55. The van der Waals surface area contributed by atoms with E-state index >= 15 is 0 Å². The molecule has 1 aromatic rings. The topological polar surface area (TPSA) is 66.8 Å². The van der Waals surface area contributed by atoms with Gasteiger partial charge in [0.1, 0.15) is 6.10 Å². The molecule has 2 N–H and O–H groups in total. The van der Waals surface area contributed by atoms with Crippen LogP contribution in [0.25, 0.3) is 0 Å². The smallest absolute Gasteiger partial charge is 0.161 e. The number of ketones is 1. The van der Waals surface area contributed by atoms with Crippen LogP contribution in [-0.4, -0.2) is 29.2 Å². The number of hydrogen-bond acceptors (Lipinski definition) is 4. The van der Waals surface area contributed by atoms with Gasteiger partial charge in [-0.15, -0.1) is 0 Å². The number of carbonyl (C=O) groups is 1. The first-order valence-electron chi connectivity index (χ1n) is 8.40. The van der Waals surface area contributed by atoms with Crippen molar-refractivity contribution in [3.05, 3.63) is 23.8 Å². The van der Waals surface area contributed by atoms with Crippen LogP contribution in [-0.2, 0) is 11.2 Å². The summed E-state index contributed by atoms with van der Waals surface area (Å²) in [5, 5.41) is 19.7. The molecule has 4 nitrogen and oxygen atoms in total. The summed E-state index contributed by atoms with van der Waals surface area (Å²) in [7, 11) is 1.47. The van der Waals surface area contributed by atoms with Crippen molar-refractivity contribution in [2.75, 3.05) is 7.11 Å². The predicted molar refractivity (Wildman–Crippen MR) is 91.8 cm³/mol. The number of hydrogen-bond donors (Lipinski definition) is 2. The van der Waals surface area contributed by atoms with Gasteiger partial charge in [-0.2, -0.15) is 0 Å². The number of methoxy groups -OCH3 is 1. The molecule has 0 bridgehead atoms. The molecule has 0 saturated carbocycles. The number of rotatable bonds is 10. The van der Waals surface area contributed by atoms with Crippen LogP contribution in [0.2, 0.25) is 0 Å². The second kappa shape index (κ2) is 9.56. The summed E-state index contributed by atoms with van der Waals surface area (Å²) in [4.78, 5) is 12.1. The lowest BCUT2D eigenvalue weighted by Crippen LogP contribution is -2.24. The van der Waals surface area contributed by atoms with E-state index in [0.717, 1.165) is 18.4 Å². The minimum absolute atomic E-state index is 0.0517. The number of aliphatic hydroxyl groups is 1. The van der Waals surface area contributed by atoms with E-state index in [0.29, 0.717) is 24.0 Å². The molecule has 0 spiro atoms. The van der Waals surface area contributed by atoms with Gasteiger partial charge < -0.3 is 14.9 Å². The lowest BCUT2D eigenvalue weighted by atomic mass is 9.93. The first-order chi connectivity index (χ1) is 10.8. The van der Waals surface area contributed by atoms with Crippen molar-refractivity contribution in [1.29, 1.82) is 0 Å². The van der Waals surface area contributed by atoms with E-state index in [2.05, 4.69) is 20.8 Å². The van der Waals surface area contributed by atoms with Crippen molar-refractivity contribution >= 4 is 5.78 Å². The second-order valence-corrected chi connectivity index (χ2v) is 6.83. The van der Waals surface area contributed by atoms with Crippen molar-refractivity contribution in [3.8, 4) is 11.5 Å². The number of phenolic OH excluding ortho intramolecular Hbond substituents is 1. The molecule has 23 heavy (non-hydrogen) atoms. The molecule has 0 heterocycles. The molecule has 1 rings (SSSR count). The van der Waals surface area contributed by atoms with Gasteiger partial charge in [0.2, 0.25) is 0 Å². The van der Waals surface area contributed by atoms with Crippen molar-refractivity contribution in [3.63, 3.8) is 0 Å². The number of aromatic hydroxyl groups is 1. The first kappa shape index (κ1) is 19.5.